The van der Waals surface area contributed by atoms with E-state index in [9.17, 15) is 18.0 Å². The van der Waals surface area contributed by atoms with Gasteiger partial charge in [-0.15, -0.1) is 0 Å². The van der Waals surface area contributed by atoms with Crippen LogP contribution in [-0.2, 0) is 17.3 Å². The molecule has 1 saturated heterocycles. The van der Waals surface area contributed by atoms with E-state index in [0.717, 1.165) is 37.3 Å². The molecule has 1 aliphatic rings. The zero-order valence-electron chi connectivity index (χ0n) is 16.6. The second-order valence-electron chi connectivity index (χ2n) is 7.13. The van der Waals surface area contributed by atoms with Gasteiger partial charge in [0.2, 0.25) is 11.7 Å². The number of halogens is 3. The predicted octanol–water partition coefficient (Wildman–Crippen LogP) is 3.37. The van der Waals surface area contributed by atoms with Gasteiger partial charge in [0, 0.05) is 25.6 Å². The Bertz CT molecular complexity index is 1090. The monoisotopic (exact) mass is 435 g/mol. The molecule has 0 bridgehead atoms. The molecule has 3 aromatic rings. The second-order valence-corrected chi connectivity index (χ2v) is 7.13. The number of pyridine rings is 1. The lowest BCUT2D eigenvalue weighted by Crippen LogP contribution is -2.18. The SMILES string of the molecule is CCOc1nc2nc(CC3CCOC3)cn2cc1NC(=O)c1cccc(C(F)(F)F)n1. The number of alkyl halides is 3. The van der Waals surface area contributed by atoms with Crippen molar-refractivity contribution >= 4 is 17.4 Å². The Morgan fingerprint density at radius 1 is 1.29 bits per heavy atom. The third-order valence-electron chi connectivity index (χ3n) is 4.79. The van der Waals surface area contributed by atoms with E-state index in [1.807, 2.05) is 0 Å². The van der Waals surface area contributed by atoms with Crippen LogP contribution in [0.3, 0.4) is 0 Å². The van der Waals surface area contributed by atoms with Crippen LogP contribution in [-0.4, -0.2) is 45.1 Å². The lowest BCUT2D eigenvalue weighted by molar-refractivity contribution is -0.141. The van der Waals surface area contributed by atoms with E-state index in [0.29, 0.717) is 18.3 Å². The molecular formula is C20H20F3N5O3. The molecule has 1 fully saturated rings. The fourth-order valence-corrected chi connectivity index (χ4v) is 3.33. The molecular weight excluding hydrogens is 415 g/mol. The molecule has 0 saturated carbocycles. The van der Waals surface area contributed by atoms with Crippen molar-refractivity contribution in [2.75, 3.05) is 25.1 Å². The molecule has 0 aromatic carbocycles. The number of anilines is 1. The van der Waals surface area contributed by atoms with Crippen LogP contribution >= 0.6 is 0 Å². The standard InChI is InChI=1S/C20H20F3N5O3/c1-2-31-18-15(26-17(29)14-4-3-5-16(25-14)20(21,22)23)10-28-9-13(24-19(28)27-18)8-12-6-7-30-11-12/h3-5,9-10,12H,2,6-8,11H2,1H3,(H,26,29). The Morgan fingerprint density at radius 2 is 2.13 bits per heavy atom. The largest absolute Gasteiger partial charge is 0.476 e. The first kappa shape index (κ1) is 21.0. The smallest absolute Gasteiger partial charge is 0.433 e. The number of fused-ring (bicyclic) bond motifs is 1. The first-order valence-corrected chi connectivity index (χ1v) is 9.78. The maximum Gasteiger partial charge on any atom is 0.433 e. The van der Waals surface area contributed by atoms with E-state index >= 15 is 0 Å². The zero-order valence-corrected chi connectivity index (χ0v) is 16.6. The van der Waals surface area contributed by atoms with Crippen molar-refractivity contribution < 1.29 is 27.4 Å². The van der Waals surface area contributed by atoms with E-state index in [2.05, 4.69) is 20.3 Å². The molecule has 4 heterocycles. The van der Waals surface area contributed by atoms with Gasteiger partial charge in [-0.2, -0.15) is 18.2 Å². The van der Waals surface area contributed by atoms with E-state index in [-0.39, 0.29) is 23.9 Å². The maximum atomic E-state index is 12.9. The summed E-state index contributed by atoms with van der Waals surface area (Å²) < 4.78 is 51.2. The molecule has 1 amide bonds. The molecule has 0 spiro atoms. The van der Waals surface area contributed by atoms with Gasteiger partial charge in [-0.25, -0.2) is 9.97 Å². The normalized spacial score (nSPS) is 16.6. The summed E-state index contributed by atoms with van der Waals surface area (Å²) in [5.41, 5.74) is -0.487. The summed E-state index contributed by atoms with van der Waals surface area (Å²) in [6.45, 7) is 3.46. The van der Waals surface area contributed by atoms with Crippen molar-refractivity contribution in [3.63, 3.8) is 0 Å². The number of hydrogen-bond donors (Lipinski definition) is 1. The highest BCUT2D eigenvalue weighted by atomic mass is 19.4. The fourth-order valence-electron chi connectivity index (χ4n) is 3.33. The average Bonchev–Trinajstić information content (AvgIpc) is 3.37. The number of rotatable bonds is 6. The van der Waals surface area contributed by atoms with Gasteiger partial charge in [-0.1, -0.05) is 6.07 Å². The number of aromatic nitrogens is 4. The predicted molar refractivity (Wildman–Crippen MR) is 104 cm³/mol. The average molecular weight is 435 g/mol. The van der Waals surface area contributed by atoms with Crippen LogP contribution in [0.15, 0.2) is 30.6 Å². The highest BCUT2D eigenvalue weighted by molar-refractivity contribution is 6.03. The number of nitrogens with one attached hydrogen (secondary N) is 1. The van der Waals surface area contributed by atoms with Crippen LogP contribution < -0.4 is 10.1 Å². The van der Waals surface area contributed by atoms with Crippen molar-refractivity contribution in [2.24, 2.45) is 5.92 Å². The maximum absolute atomic E-state index is 12.9. The minimum absolute atomic E-state index is 0.122. The van der Waals surface area contributed by atoms with Gasteiger partial charge in [0.05, 0.1) is 12.3 Å². The molecule has 4 rings (SSSR count). The van der Waals surface area contributed by atoms with Crippen LogP contribution in [0.2, 0.25) is 0 Å². The van der Waals surface area contributed by atoms with Crippen LogP contribution in [0.4, 0.5) is 18.9 Å². The Kier molecular flexibility index (Phi) is 5.77. The molecule has 164 valence electrons. The number of amides is 1. The lowest BCUT2D eigenvalue weighted by atomic mass is 10.0. The first-order chi connectivity index (χ1) is 14.8. The summed E-state index contributed by atoms with van der Waals surface area (Å²) in [6.07, 6.45) is 0.430. The second kappa shape index (κ2) is 8.50. The van der Waals surface area contributed by atoms with E-state index in [1.165, 1.54) is 6.07 Å². The number of nitrogens with zero attached hydrogens (tertiary/aromatic N) is 4. The van der Waals surface area contributed by atoms with E-state index in [1.54, 1.807) is 23.7 Å². The molecule has 1 unspecified atom stereocenters. The molecule has 3 aromatic heterocycles. The Labute approximate surface area is 175 Å². The van der Waals surface area contributed by atoms with Gasteiger partial charge < -0.3 is 14.8 Å². The molecule has 1 atom stereocenters. The summed E-state index contributed by atoms with van der Waals surface area (Å²) in [6, 6.07) is 3.14. The molecule has 11 heteroatoms. The molecule has 0 radical (unpaired) electrons. The summed E-state index contributed by atoms with van der Waals surface area (Å²) in [5, 5.41) is 2.54. The van der Waals surface area contributed by atoms with Crippen LogP contribution in [0.1, 0.15) is 35.2 Å². The zero-order chi connectivity index (χ0) is 22.0. The van der Waals surface area contributed by atoms with Gasteiger partial charge in [-0.05, 0) is 37.8 Å². The number of carbonyl (C=O) groups is 1. The number of imidazole rings is 1. The first-order valence-electron chi connectivity index (χ1n) is 9.78. The summed E-state index contributed by atoms with van der Waals surface area (Å²) in [5.74, 6) is 0.100. The number of ether oxygens (including phenoxy) is 2. The van der Waals surface area contributed by atoms with Crippen molar-refractivity contribution in [1.29, 1.82) is 0 Å². The Balaban J connectivity index is 1.61. The summed E-state index contributed by atoms with van der Waals surface area (Å²) in [4.78, 5) is 24.8. The van der Waals surface area contributed by atoms with E-state index in [4.69, 9.17) is 9.47 Å². The summed E-state index contributed by atoms with van der Waals surface area (Å²) in [7, 11) is 0. The topological polar surface area (TPSA) is 90.6 Å². The number of hydrogen-bond acceptors (Lipinski definition) is 6. The van der Waals surface area contributed by atoms with Crippen LogP contribution in [0, 0.1) is 5.92 Å². The highest BCUT2D eigenvalue weighted by Gasteiger charge is 2.33. The molecule has 1 N–H and O–H groups in total. The highest BCUT2D eigenvalue weighted by Crippen LogP contribution is 2.28. The van der Waals surface area contributed by atoms with Gasteiger partial charge in [0.15, 0.2) is 0 Å². The van der Waals surface area contributed by atoms with Crippen LogP contribution in [0.5, 0.6) is 5.88 Å². The van der Waals surface area contributed by atoms with Crippen molar-refractivity contribution in [3.8, 4) is 5.88 Å². The minimum Gasteiger partial charge on any atom is -0.476 e. The lowest BCUT2D eigenvalue weighted by Gasteiger charge is -2.11. The Hall–Kier alpha value is -3.21. The third kappa shape index (κ3) is 4.76. The fraction of sp³-hybridized carbons (Fsp3) is 0.400. The Morgan fingerprint density at radius 3 is 2.84 bits per heavy atom. The van der Waals surface area contributed by atoms with Crippen molar-refractivity contribution in [2.45, 2.75) is 25.9 Å². The van der Waals surface area contributed by atoms with Crippen LogP contribution in [0.25, 0.3) is 5.78 Å². The van der Waals surface area contributed by atoms with Gasteiger partial charge in [0.1, 0.15) is 17.1 Å². The molecule has 1 aliphatic heterocycles. The van der Waals surface area contributed by atoms with Crippen molar-refractivity contribution in [3.05, 3.63) is 47.7 Å². The number of carbonyl (C=O) groups excluding carboxylic acids is 1. The van der Waals surface area contributed by atoms with Gasteiger partial charge >= 0.3 is 6.18 Å². The van der Waals surface area contributed by atoms with Crippen molar-refractivity contribution in [1.82, 2.24) is 19.4 Å². The van der Waals surface area contributed by atoms with Gasteiger partial charge in [-0.3, -0.25) is 9.20 Å². The molecule has 31 heavy (non-hydrogen) atoms. The quantitative estimate of drug-likeness (QED) is 0.639. The summed E-state index contributed by atoms with van der Waals surface area (Å²) >= 11 is 0. The van der Waals surface area contributed by atoms with Gasteiger partial charge in [0.25, 0.3) is 5.91 Å². The third-order valence-corrected chi connectivity index (χ3v) is 4.79. The molecule has 8 nitrogen and oxygen atoms in total. The minimum atomic E-state index is -4.65. The van der Waals surface area contributed by atoms with E-state index < -0.39 is 17.8 Å². The molecule has 0 aliphatic carbocycles.